The third-order valence-electron chi connectivity index (χ3n) is 3.54. The summed E-state index contributed by atoms with van der Waals surface area (Å²) in [5.74, 6) is 1.26. The highest BCUT2D eigenvalue weighted by atomic mass is 16.3. The van der Waals surface area contributed by atoms with Gasteiger partial charge in [0.2, 0.25) is 0 Å². The third kappa shape index (κ3) is 1.97. The molecule has 3 rings (SSSR count). The van der Waals surface area contributed by atoms with E-state index < -0.39 is 0 Å². The second-order valence-electron chi connectivity index (χ2n) is 5.58. The molecule has 20 heavy (non-hydrogen) atoms. The van der Waals surface area contributed by atoms with Gasteiger partial charge in [-0.1, -0.05) is 32.0 Å². The molecule has 0 amide bonds. The van der Waals surface area contributed by atoms with Gasteiger partial charge in [0, 0.05) is 23.6 Å². The van der Waals surface area contributed by atoms with E-state index in [0.717, 1.165) is 40.0 Å². The van der Waals surface area contributed by atoms with Gasteiger partial charge in [-0.15, -0.1) is 0 Å². The summed E-state index contributed by atoms with van der Waals surface area (Å²) in [5.41, 5.74) is 10.1. The summed E-state index contributed by atoms with van der Waals surface area (Å²) in [7, 11) is 1.88. The van der Waals surface area contributed by atoms with Crippen LogP contribution in [0.1, 0.15) is 19.4 Å². The van der Waals surface area contributed by atoms with Gasteiger partial charge in [-0.05, 0) is 18.4 Å². The number of hydrogen-bond acceptors (Lipinski definition) is 3. The fourth-order valence-electron chi connectivity index (χ4n) is 2.57. The molecule has 0 aliphatic carbocycles. The molecule has 2 N–H and O–H groups in total. The number of aryl methyl sites for hydroxylation is 1. The van der Waals surface area contributed by atoms with Crippen LogP contribution in [-0.4, -0.2) is 9.78 Å². The van der Waals surface area contributed by atoms with Gasteiger partial charge in [0.1, 0.15) is 23.4 Å². The van der Waals surface area contributed by atoms with Crippen LogP contribution in [-0.2, 0) is 13.5 Å². The third-order valence-corrected chi connectivity index (χ3v) is 3.54. The van der Waals surface area contributed by atoms with Crippen LogP contribution < -0.4 is 5.73 Å². The van der Waals surface area contributed by atoms with Crippen molar-refractivity contribution in [3.05, 3.63) is 36.1 Å². The van der Waals surface area contributed by atoms with E-state index in [1.807, 2.05) is 25.2 Å². The predicted molar refractivity (Wildman–Crippen MR) is 81.4 cm³/mol. The van der Waals surface area contributed by atoms with Gasteiger partial charge in [0.25, 0.3) is 0 Å². The lowest BCUT2D eigenvalue weighted by Crippen LogP contribution is -2.02. The molecule has 2 aromatic heterocycles. The highest BCUT2D eigenvalue weighted by molar-refractivity contribution is 5.94. The molecule has 0 spiro atoms. The monoisotopic (exact) mass is 269 g/mol. The summed E-state index contributed by atoms with van der Waals surface area (Å²) in [5, 5.41) is 5.67. The minimum absolute atomic E-state index is 0.526. The van der Waals surface area contributed by atoms with E-state index in [1.165, 1.54) is 0 Å². The summed E-state index contributed by atoms with van der Waals surface area (Å²) in [4.78, 5) is 0. The van der Waals surface area contributed by atoms with Crippen LogP contribution in [0.4, 0.5) is 5.82 Å². The smallest absolute Gasteiger partial charge is 0.134 e. The fraction of sp³-hybridized carbons (Fsp3) is 0.312. The number of nitrogens with zero attached hydrogens (tertiary/aromatic N) is 2. The minimum Gasteiger partial charge on any atom is -0.464 e. The van der Waals surface area contributed by atoms with Gasteiger partial charge in [-0.25, -0.2) is 0 Å². The van der Waals surface area contributed by atoms with Crippen molar-refractivity contribution >= 4 is 16.8 Å². The van der Waals surface area contributed by atoms with E-state index in [1.54, 1.807) is 10.9 Å². The number of aromatic nitrogens is 2. The minimum atomic E-state index is 0.526. The molecule has 0 fully saturated rings. The van der Waals surface area contributed by atoms with Crippen LogP contribution >= 0.6 is 0 Å². The highest BCUT2D eigenvalue weighted by Crippen LogP contribution is 2.34. The van der Waals surface area contributed by atoms with E-state index in [2.05, 4.69) is 25.0 Å². The molecular formula is C16H19N3O. The lowest BCUT2D eigenvalue weighted by molar-refractivity contribution is 0.616. The molecule has 2 heterocycles. The zero-order valence-electron chi connectivity index (χ0n) is 12.1. The van der Waals surface area contributed by atoms with Crippen molar-refractivity contribution in [2.24, 2.45) is 13.0 Å². The van der Waals surface area contributed by atoms with Gasteiger partial charge in [0.15, 0.2) is 0 Å². The average Bonchev–Trinajstić information content (AvgIpc) is 2.95. The van der Waals surface area contributed by atoms with Crippen LogP contribution in [0.25, 0.3) is 22.2 Å². The molecule has 3 aromatic rings. The molecular weight excluding hydrogens is 250 g/mol. The maximum absolute atomic E-state index is 6.17. The standard InChI is InChI=1S/C16H19N3O/c1-10(2)8-12-15(18-19(3)16(12)17)13-9-20-14-7-5-4-6-11(13)14/h4-7,9-10H,8,17H2,1-3H3. The van der Waals surface area contributed by atoms with E-state index in [-0.39, 0.29) is 0 Å². The van der Waals surface area contributed by atoms with Gasteiger partial charge >= 0.3 is 0 Å². The first kappa shape index (κ1) is 12.8. The number of nitrogen functional groups attached to an aromatic ring is 1. The van der Waals surface area contributed by atoms with Crippen LogP contribution in [0, 0.1) is 5.92 Å². The normalized spacial score (nSPS) is 11.6. The number of benzene rings is 1. The van der Waals surface area contributed by atoms with Crippen molar-refractivity contribution in [2.45, 2.75) is 20.3 Å². The quantitative estimate of drug-likeness (QED) is 0.790. The van der Waals surface area contributed by atoms with Crippen LogP contribution in [0.5, 0.6) is 0 Å². The molecule has 4 heteroatoms. The molecule has 0 bridgehead atoms. The van der Waals surface area contributed by atoms with Gasteiger partial charge in [-0.3, -0.25) is 4.68 Å². The highest BCUT2D eigenvalue weighted by Gasteiger charge is 2.19. The molecule has 0 aliphatic rings. The first-order chi connectivity index (χ1) is 9.58. The number of anilines is 1. The Morgan fingerprint density at radius 1 is 1.30 bits per heavy atom. The number of nitrogens with two attached hydrogens (primary N) is 1. The number of hydrogen-bond donors (Lipinski definition) is 1. The zero-order valence-corrected chi connectivity index (χ0v) is 12.1. The second kappa shape index (κ2) is 4.71. The van der Waals surface area contributed by atoms with Crippen molar-refractivity contribution in [3.8, 4) is 11.3 Å². The summed E-state index contributed by atoms with van der Waals surface area (Å²) in [6.07, 6.45) is 2.69. The Hall–Kier alpha value is -2.23. The Bertz CT molecular complexity index is 752. The van der Waals surface area contributed by atoms with E-state index in [4.69, 9.17) is 10.2 Å². The molecule has 0 radical (unpaired) electrons. The first-order valence-electron chi connectivity index (χ1n) is 6.86. The van der Waals surface area contributed by atoms with Crippen LogP contribution in [0.3, 0.4) is 0 Å². The SMILES string of the molecule is CC(C)Cc1c(-c2coc3ccccc23)nn(C)c1N. The summed E-state index contributed by atoms with van der Waals surface area (Å²) >= 11 is 0. The topological polar surface area (TPSA) is 57.0 Å². The largest absolute Gasteiger partial charge is 0.464 e. The molecule has 4 nitrogen and oxygen atoms in total. The van der Waals surface area contributed by atoms with Crippen molar-refractivity contribution < 1.29 is 4.42 Å². The fourth-order valence-corrected chi connectivity index (χ4v) is 2.57. The molecule has 0 saturated carbocycles. The maximum Gasteiger partial charge on any atom is 0.134 e. The summed E-state index contributed by atoms with van der Waals surface area (Å²) in [6.45, 7) is 4.37. The molecule has 1 aromatic carbocycles. The maximum atomic E-state index is 6.17. The lowest BCUT2D eigenvalue weighted by Gasteiger charge is -2.06. The van der Waals surface area contributed by atoms with Crippen molar-refractivity contribution in [1.82, 2.24) is 9.78 Å². The van der Waals surface area contributed by atoms with E-state index >= 15 is 0 Å². The van der Waals surface area contributed by atoms with Crippen LogP contribution in [0.15, 0.2) is 34.9 Å². The summed E-state index contributed by atoms with van der Waals surface area (Å²) < 4.78 is 7.37. The van der Waals surface area contributed by atoms with Gasteiger partial charge in [0.05, 0.1) is 0 Å². The summed E-state index contributed by atoms with van der Waals surface area (Å²) in [6, 6.07) is 8.00. The first-order valence-corrected chi connectivity index (χ1v) is 6.86. The molecule has 0 unspecified atom stereocenters. The Kier molecular flexibility index (Phi) is 3.01. The Labute approximate surface area is 118 Å². The van der Waals surface area contributed by atoms with Crippen molar-refractivity contribution in [1.29, 1.82) is 0 Å². The molecule has 0 aliphatic heterocycles. The van der Waals surface area contributed by atoms with Crippen molar-refractivity contribution in [3.63, 3.8) is 0 Å². The van der Waals surface area contributed by atoms with Crippen LogP contribution in [0.2, 0.25) is 0 Å². The predicted octanol–water partition coefficient (Wildman–Crippen LogP) is 3.61. The number of para-hydroxylation sites is 1. The Morgan fingerprint density at radius 2 is 2.05 bits per heavy atom. The number of rotatable bonds is 3. The van der Waals surface area contributed by atoms with Gasteiger partial charge < -0.3 is 10.2 Å². The Balaban J connectivity index is 2.21. The molecule has 104 valence electrons. The average molecular weight is 269 g/mol. The molecule has 0 atom stereocenters. The number of furan rings is 1. The Morgan fingerprint density at radius 3 is 2.80 bits per heavy atom. The lowest BCUT2D eigenvalue weighted by atomic mass is 9.99. The number of fused-ring (bicyclic) bond motifs is 1. The second-order valence-corrected chi connectivity index (χ2v) is 5.58. The van der Waals surface area contributed by atoms with Gasteiger partial charge in [-0.2, -0.15) is 5.10 Å². The molecule has 0 saturated heterocycles. The van der Waals surface area contributed by atoms with E-state index in [0.29, 0.717) is 5.92 Å². The van der Waals surface area contributed by atoms with E-state index in [9.17, 15) is 0 Å². The van der Waals surface area contributed by atoms with Crippen molar-refractivity contribution in [2.75, 3.05) is 5.73 Å². The zero-order chi connectivity index (χ0) is 14.3.